The van der Waals surface area contributed by atoms with Crippen molar-refractivity contribution in [3.8, 4) is 5.75 Å². The number of hydrogen-bond acceptors (Lipinski definition) is 4. The molecule has 140 valence electrons. The summed E-state index contributed by atoms with van der Waals surface area (Å²) in [6.45, 7) is 3.30. The van der Waals surface area contributed by atoms with Crippen LogP contribution in [0.15, 0.2) is 53.3 Å². The summed E-state index contributed by atoms with van der Waals surface area (Å²) >= 11 is 0. The van der Waals surface area contributed by atoms with E-state index in [4.69, 9.17) is 4.74 Å². The SMILES string of the molecule is O=C(CCOc1ccccc1)N1CCN(c2ccc3[nH]c(=O)[nH]c3c2)CC1. The van der Waals surface area contributed by atoms with Crippen LogP contribution in [0.2, 0.25) is 0 Å². The van der Waals surface area contributed by atoms with Crippen molar-refractivity contribution in [3.63, 3.8) is 0 Å². The highest BCUT2D eigenvalue weighted by molar-refractivity contribution is 5.79. The Morgan fingerprint density at radius 2 is 1.70 bits per heavy atom. The van der Waals surface area contributed by atoms with E-state index >= 15 is 0 Å². The standard InChI is InChI=1S/C20H22N4O3/c25-19(8-13-27-16-4-2-1-3-5-16)24-11-9-23(10-12-24)15-6-7-17-18(14-15)22-20(26)21-17/h1-7,14H,8-13H2,(H2,21,22,26). The first-order valence-electron chi connectivity index (χ1n) is 9.12. The molecule has 0 aliphatic carbocycles. The molecule has 3 aromatic rings. The van der Waals surface area contributed by atoms with Crippen LogP contribution in [0.25, 0.3) is 11.0 Å². The number of piperazine rings is 1. The lowest BCUT2D eigenvalue weighted by Crippen LogP contribution is -2.49. The highest BCUT2D eigenvalue weighted by atomic mass is 16.5. The highest BCUT2D eigenvalue weighted by Gasteiger charge is 2.21. The summed E-state index contributed by atoms with van der Waals surface area (Å²) in [5.74, 6) is 0.907. The predicted octanol–water partition coefficient (Wildman–Crippen LogP) is 1.97. The minimum absolute atomic E-state index is 0.121. The number of anilines is 1. The molecule has 1 amide bonds. The Bertz CT molecular complexity index is 972. The van der Waals surface area contributed by atoms with E-state index < -0.39 is 0 Å². The molecule has 0 unspecified atom stereocenters. The zero-order chi connectivity index (χ0) is 18.6. The first-order valence-corrected chi connectivity index (χ1v) is 9.12. The van der Waals surface area contributed by atoms with Gasteiger partial charge in [0.05, 0.1) is 24.1 Å². The lowest BCUT2D eigenvalue weighted by molar-refractivity contribution is -0.132. The number of fused-ring (bicyclic) bond motifs is 1. The van der Waals surface area contributed by atoms with Crippen LogP contribution in [-0.4, -0.2) is 53.6 Å². The second-order valence-electron chi connectivity index (χ2n) is 6.59. The van der Waals surface area contributed by atoms with Crippen molar-refractivity contribution in [2.45, 2.75) is 6.42 Å². The molecule has 1 aliphatic heterocycles. The third-order valence-electron chi connectivity index (χ3n) is 4.82. The minimum atomic E-state index is -0.199. The number of H-pyrrole nitrogens is 2. The molecule has 1 fully saturated rings. The van der Waals surface area contributed by atoms with E-state index in [2.05, 4.69) is 14.9 Å². The number of nitrogens with one attached hydrogen (secondary N) is 2. The largest absolute Gasteiger partial charge is 0.493 e. The summed E-state index contributed by atoms with van der Waals surface area (Å²) in [7, 11) is 0. The van der Waals surface area contributed by atoms with Gasteiger partial charge in [-0.2, -0.15) is 0 Å². The number of hydrogen-bond donors (Lipinski definition) is 2. The molecular formula is C20H22N4O3. The average Bonchev–Trinajstić information content (AvgIpc) is 3.08. The fraction of sp³-hybridized carbons (Fsp3) is 0.300. The van der Waals surface area contributed by atoms with Crippen molar-refractivity contribution < 1.29 is 9.53 Å². The van der Waals surface area contributed by atoms with Gasteiger partial charge in [0, 0.05) is 31.9 Å². The summed E-state index contributed by atoms with van der Waals surface area (Å²) in [5.41, 5.74) is 2.46. The summed E-state index contributed by atoms with van der Waals surface area (Å²) in [4.78, 5) is 33.4. The molecule has 1 aliphatic rings. The molecule has 1 saturated heterocycles. The molecule has 2 N–H and O–H groups in total. The number of aromatic nitrogens is 2. The Hall–Kier alpha value is -3.22. The summed E-state index contributed by atoms with van der Waals surface area (Å²) in [5, 5.41) is 0. The van der Waals surface area contributed by atoms with Crippen LogP contribution >= 0.6 is 0 Å². The van der Waals surface area contributed by atoms with Gasteiger partial charge in [-0.25, -0.2) is 4.79 Å². The van der Waals surface area contributed by atoms with Crippen LogP contribution < -0.4 is 15.3 Å². The molecule has 0 atom stereocenters. The lowest BCUT2D eigenvalue weighted by atomic mass is 10.2. The maximum absolute atomic E-state index is 12.4. The van der Waals surface area contributed by atoms with E-state index in [1.165, 1.54) is 0 Å². The molecule has 0 spiro atoms. The number of carbonyl (C=O) groups is 1. The Labute approximate surface area is 156 Å². The molecule has 0 radical (unpaired) electrons. The predicted molar refractivity (Wildman–Crippen MR) is 104 cm³/mol. The van der Waals surface area contributed by atoms with Gasteiger partial charge in [-0.3, -0.25) is 4.79 Å². The number of imidazole rings is 1. The van der Waals surface area contributed by atoms with Crippen molar-refractivity contribution >= 4 is 22.6 Å². The van der Waals surface area contributed by atoms with E-state index in [-0.39, 0.29) is 11.6 Å². The molecule has 2 heterocycles. The molecule has 4 rings (SSSR count). The molecule has 27 heavy (non-hydrogen) atoms. The van der Waals surface area contributed by atoms with E-state index in [0.717, 1.165) is 35.6 Å². The Balaban J connectivity index is 1.28. The van der Waals surface area contributed by atoms with Crippen LogP contribution in [0.4, 0.5) is 5.69 Å². The fourth-order valence-corrected chi connectivity index (χ4v) is 3.36. The van der Waals surface area contributed by atoms with Gasteiger partial charge in [0.1, 0.15) is 5.75 Å². The van der Waals surface area contributed by atoms with Crippen LogP contribution in [0, 0.1) is 0 Å². The van der Waals surface area contributed by atoms with Gasteiger partial charge < -0.3 is 24.5 Å². The number of benzene rings is 2. The van der Waals surface area contributed by atoms with Gasteiger partial charge in [0.2, 0.25) is 5.91 Å². The van der Waals surface area contributed by atoms with Crippen LogP contribution in [-0.2, 0) is 4.79 Å². The Morgan fingerprint density at radius 1 is 0.963 bits per heavy atom. The van der Waals surface area contributed by atoms with Crippen LogP contribution in [0.3, 0.4) is 0 Å². The second kappa shape index (κ2) is 7.57. The number of nitrogens with zero attached hydrogens (tertiary/aromatic N) is 2. The van der Waals surface area contributed by atoms with Crippen LogP contribution in [0.5, 0.6) is 5.75 Å². The molecule has 7 heteroatoms. The molecule has 1 aromatic heterocycles. The Morgan fingerprint density at radius 3 is 2.48 bits per heavy atom. The zero-order valence-corrected chi connectivity index (χ0v) is 15.0. The quantitative estimate of drug-likeness (QED) is 0.723. The third kappa shape index (κ3) is 3.97. The normalized spacial score (nSPS) is 14.5. The number of amides is 1. The van der Waals surface area contributed by atoms with Crippen LogP contribution in [0.1, 0.15) is 6.42 Å². The van der Waals surface area contributed by atoms with Gasteiger partial charge in [-0.05, 0) is 30.3 Å². The number of aromatic amines is 2. The van der Waals surface area contributed by atoms with Crippen molar-refractivity contribution in [1.29, 1.82) is 0 Å². The van der Waals surface area contributed by atoms with Crippen molar-refractivity contribution in [2.75, 3.05) is 37.7 Å². The molecule has 2 aromatic carbocycles. The lowest BCUT2D eigenvalue weighted by Gasteiger charge is -2.36. The van der Waals surface area contributed by atoms with E-state index in [1.807, 2.05) is 53.4 Å². The van der Waals surface area contributed by atoms with Gasteiger partial charge in [-0.1, -0.05) is 18.2 Å². The number of ether oxygens (including phenoxy) is 1. The third-order valence-corrected chi connectivity index (χ3v) is 4.82. The van der Waals surface area contributed by atoms with Gasteiger partial charge >= 0.3 is 5.69 Å². The fourth-order valence-electron chi connectivity index (χ4n) is 3.36. The summed E-state index contributed by atoms with van der Waals surface area (Å²) in [6.07, 6.45) is 0.380. The molecule has 7 nitrogen and oxygen atoms in total. The number of carbonyl (C=O) groups excluding carboxylic acids is 1. The number of rotatable bonds is 5. The minimum Gasteiger partial charge on any atom is -0.493 e. The topological polar surface area (TPSA) is 81.4 Å². The van der Waals surface area contributed by atoms with E-state index in [0.29, 0.717) is 26.1 Å². The second-order valence-corrected chi connectivity index (χ2v) is 6.59. The summed E-state index contributed by atoms with van der Waals surface area (Å²) < 4.78 is 5.61. The summed E-state index contributed by atoms with van der Waals surface area (Å²) in [6, 6.07) is 15.4. The Kier molecular flexibility index (Phi) is 4.82. The zero-order valence-electron chi connectivity index (χ0n) is 15.0. The highest BCUT2D eigenvalue weighted by Crippen LogP contribution is 2.20. The van der Waals surface area contributed by atoms with Gasteiger partial charge in [0.25, 0.3) is 0 Å². The average molecular weight is 366 g/mol. The smallest absolute Gasteiger partial charge is 0.323 e. The van der Waals surface area contributed by atoms with E-state index in [9.17, 15) is 9.59 Å². The van der Waals surface area contributed by atoms with Gasteiger partial charge in [-0.15, -0.1) is 0 Å². The first-order chi connectivity index (χ1) is 13.2. The first kappa shape index (κ1) is 17.2. The van der Waals surface area contributed by atoms with Gasteiger partial charge in [0.15, 0.2) is 0 Å². The maximum atomic E-state index is 12.4. The van der Waals surface area contributed by atoms with Crippen molar-refractivity contribution in [1.82, 2.24) is 14.9 Å². The van der Waals surface area contributed by atoms with Crippen molar-refractivity contribution in [2.24, 2.45) is 0 Å². The monoisotopic (exact) mass is 366 g/mol. The molecule has 0 bridgehead atoms. The van der Waals surface area contributed by atoms with E-state index in [1.54, 1.807) is 0 Å². The number of para-hydroxylation sites is 1. The maximum Gasteiger partial charge on any atom is 0.323 e. The molecular weight excluding hydrogens is 344 g/mol. The van der Waals surface area contributed by atoms with Crippen molar-refractivity contribution in [3.05, 3.63) is 59.0 Å². The molecule has 0 saturated carbocycles.